The highest BCUT2D eigenvalue weighted by Gasteiger charge is 2.37. The third-order valence-electron chi connectivity index (χ3n) is 4.56. The van der Waals surface area contributed by atoms with Crippen LogP contribution in [0.15, 0.2) is 36.5 Å². The van der Waals surface area contributed by atoms with Gasteiger partial charge in [-0.15, -0.1) is 0 Å². The van der Waals surface area contributed by atoms with Crippen LogP contribution in [0.25, 0.3) is 0 Å². The zero-order valence-electron chi connectivity index (χ0n) is 14.8. The molecule has 2 atom stereocenters. The molecule has 1 aliphatic rings. The van der Waals surface area contributed by atoms with Crippen LogP contribution in [0.5, 0.6) is 0 Å². The minimum atomic E-state index is -0.425. The summed E-state index contributed by atoms with van der Waals surface area (Å²) < 4.78 is 7.54. The van der Waals surface area contributed by atoms with Crippen molar-refractivity contribution in [3.63, 3.8) is 0 Å². The molecule has 0 saturated carbocycles. The number of hydrogen-bond donors (Lipinski definition) is 1. The van der Waals surface area contributed by atoms with Crippen molar-refractivity contribution < 1.29 is 14.6 Å². The molecule has 25 heavy (non-hydrogen) atoms. The van der Waals surface area contributed by atoms with Gasteiger partial charge in [0.2, 0.25) is 0 Å². The molecule has 3 rings (SSSR count). The maximum Gasteiger partial charge on any atom is 0.258 e. The van der Waals surface area contributed by atoms with E-state index in [1.54, 1.807) is 4.90 Å². The molecule has 1 N–H and O–H groups in total. The van der Waals surface area contributed by atoms with Crippen LogP contribution in [0.4, 0.5) is 0 Å². The first-order valence-electron chi connectivity index (χ1n) is 8.78. The Bertz CT molecular complexity index is 714. The van der Waals surface area contributed by atoms with Gasteiger partial charge in [-0.2, -0.15) is 5.10 Å². The molecule has 134 valence electrons. The second kappa shape index (κ2) is 7.80. The van der Waals surface area contributed by atoms with E-state index in [1.165, 1.54) is 0 Å². The van der Waals surface area contributed by atoms with E-state index in [9.17, 15) is 9.90 Å². The number of morpholine rings is 1. The van der Waals surface area contributed by atoms with Gasteiger partial charge in [0, 0.05) is 19.3 Å². The summed E-state index contributed by atoms with van der Waals surface area (Å²) in [6, 6.07) is 9.44. The Hall–Kier alpha value is -2.18. The molecule has 1 saturated heterocycles. The first kappa shape index (κ1) is 17.6. The van der Waals surface area contributed by atoms with Crippen LogP contribution >= 0.6 is 0 Å². The summed E-state index contributed by atoms with van der Waals surface area (Å²) in [5.74, 6) is -0.0598. The molecule has 2 heterocycles. The molecule has 1 aliphatic heterocycles. The monoisotopic (exact) mass is 343 g/mol. The van der Waals surface area contributed by atoms with Gasteiger partial charge in [0.05, 0.1) is 30.5 Å². The molecule has 1 aromatic carbocycles. The summed E-state index contributed by atoms with van der Waals surface area (Å²) in [5, 5.41) is 14.2. The number of carbonyl (C=O) groups is 1. The van der Waals surface area contributed by atoms with Gasteiger partial charge in [0.25, 0.3) is 5.91 Å². The zero-order chi connectivity index (χ0) is 17.8. The Balaban J connectivity index is 1.93. The number of benzene rings is 1. The molecule has 0 aliphatic carbocycles. The average molecular weight is 343 g/mol. The highest BCUT2D eigenvalue weighted by Crippen LogP contribution is 2.31. The van der Waals surface area contributed by atoms with E-state index in [4.69, 9.17) is 4.74 Å². The molecular weight excluding hydrogens is 318 g/mol. The zero-order valence-corrected chi connectivity index (χ0v) is 14.8. The number of nitrogens with zero attached hydrogens (tertiary/aromatic N) is 3. The third kappa shape index (κ3) is 3.60. The quantitative estimate of drug-likeness (QED) is 0.903. The van der Waals surface area contributed by atoms with E-state index in [0.717, 1.165) is 24.2 Å². The van der Waals surface area contributed by atoms with Gasteiger partial charge in [-0.05, 0) is 18.9 Å². The Kier molecular flexibility index (Phi) is 5.50. The van der Waals surface area contributed by atoms with Crippen molar-refractivity contribution in [1.82, 2.24) is 14.7 Å². The third-order valence-corrected chi connectivity index (χ3v) is 4.56. The topological polar surface area (TPSA) is 67.6 Å². The fourth-order valence-corrected chi connectivity index (χ4v) is 3.38. The van der Waals surface area contributed by atoms with E-state index in [-0.39, 0.29) is 18.6 Å². The molecule has 6 nitrogen and oxygen atoms in total. The molecule has 1 fully saturated rings. The summed E-state index contributed by atoms with van der Waals surface area (Å²) >= 11 is 0. The fraction of sp³-hybridized carbons (Fsp3) is 0.474. The highest BCUT2D eigenvalue weighted by atomic mass is 16.5. The lowest BCUT2D eigenvalue weighted by Crippen LogP contribution is -2.49. The standard InChI is InChI=1S/C19H25N3O3/c1-3-9-21-12-16(14(2)20-21)19(24)22-10-11-25-17(13-23)18(22)15-7-5-4-6-8-15/h4-8,12,17-18,23H,3,9-11,13H2,1-2H3/t17-,18-/m1/s1. The SMILES string of the molecule is CCCn1cc(C(=O)N2CCO[C@H](CO)[C@H]2c2ccccc2)c(C)n1. The van der Waals surface area contributed by atoms with Crippen molar-refractivity contribution in [3.8, 4) is 0 Å². The molecule has 6 heteroatoms. The van der Waals surface area contributed by atoms with Crippen LogP contribution in [0.1, 0.15) is 41.0 Å². The molecular formula is C19H25N3O3. The number of aryl methyl sites for hydroxylation is 2. The Morgan fingerprint density at radius 1 is 1.36 bits per heavy atom. The summed E-state index contributed by atoms with van der Waals surface area (Å²) in [6.07, 6.45) is 2.36. The molecule has 1 aromatic heterocycles. The second-order valence-electron chi connectivity index (χ2n) is 6.34. The average Bonchev–Trinajstić information content (AvgIpc) is 3.01. The lowest BCUT2D eigenvalue weighted by atomic mass is 9.97. The van der Waals surface area contributed by atoms with Crippen molar-refractivity contribution in [1.29, 1.82) is 0 Å². The smallest absolute Gasteiger partial charge is 0.258 e. The normalized spacial score (nSPS) is 20.7. The maximum absolute atomic E-state index is 13.2. The number of amides is 1. The van der Waals surface area contributed by atoms with Crippen LogP contribution in [-0.4, -0.2) is 51.6 Å². The molecule has 2 aromatic rings. The van der Waals surface area contributed by atoms with Gasteiger partial charge in [-0.25, -0.2) is 0 Å². The van der Waals surface area contributed by atoms with Gasteiger partial charge >= 0.3 is 0 Å². The van der Waals surface area contributed by atoms with E-state index in [1.807, 2.05) is 48.1 Å². The molecule has 0 unspecified atom stereocenters. The predicted molar refractivity (Wildman–Crippen MR) is 94.3 cm³/mol. The minimum Gasteiger partial charge on any atom is -0.394 e. The Labute approximate surface area is 148 Å². The number of aliphatic hydroxyl groups excluding tert-OH is 1. The van der Waals surface area contributed by atoms with Gasteiger partial charge in [0.15, 0.2) is 0 Å². The summed E-state index contributed by atoms with van der Waals surface area (Å²) in [6.45, 7) is 5.52. The van der Waals surface area contributed by atoms with Crippen molar-refractivity contribution in [2.24, 2.45) is 0 Å². The first-order valence-corrected chi connectivity index (χ1v) is 8.78. The minimum absolute atomic E-state index is 0.0598. The van der Waals surface area contributed by atoms with Crippen molar-refractivity contribution >= 4 is 5.91 Å². The van der Waals surface area contributed by atoms with E-state index < -0.39 is 6.10 Å². The number of hydrogen-bond acceptors (Lipinski definition) is 4. The number of rotatable bonds is 5. The predicted octanol–water partition coefficient (Wildman–Crippen LogP) is 2.18. The van der Waals surface area contributed by atoms with Gasteiger partial charge in [-0.3, -0.25) is 9.48 Å². The maximum atomic E-state index is 13.2. The van der Waals surface area contributed by atoms with Crippen molar-refractivity contribution in [2.45, 2.75) is 39.0 Å². The van der Waals surface area contributed by atoms with Crippen LogP contribution in [0.3, 0.4) is 0 Å². The van der Waals surface area contributed by atoms with E-state index >= 15 is 0 Å². The van der Waals surface area contributed by atoms with Crippen LogP contribution in [-0.2, 0) is 11.3 Å². The largest absolute Gasteiger partial charge is 0.394 e. The second-order valence-corrected chi connectivity index (χ2v) is 6.34. The van der Waals surface area contributed by atoms with Gasteiger partial charge in [-0.1, -0.05) is 37.3 Å². The Morgan fingerprint density at radius 2 is 2.12 bits per heavy atom. The highest BCUT2D eigenvalue weighted by molar-refractivity contribution is 5.95. The van der Waals surface area contributed by atoms with Crippen molar-refractivity contribution in [3.05, 3.63) is 53.3 Å². The Morgan fingerprint density at radius 3 is 2.80 bits per heavy atom. The number of ether oxygens (including phenoxy) is 1. The lowest BCUT2D eigenvalue weighted by Gasteiger charge is -2.40. The van der Waals surface area contributed by atoms with Crippen molar-refractivity contribution in [2.75, 3.05) is 19.8 Å². The van der Waals surface area contributed by atoms with Crippen LogP contribution in [0.2, 0.25) is 0 Å². The van der Waals surface area contributed by atoms with Gasteiger partial charge < -0.3 is 14.7 Å². The molecule has 1 amide bonds. The molecule has 0 radical (unpaired) electrons. The van der Waals surface area contributed by atoms with Crippen LogP contribution in [0, 0.1) is 6.92 Å². The van der Waals surface area contributed by atoms with Crippen LogP contribution < -0.4 is 0 Å². The fourth-order valence-electron chi connectivity index (χ4n) is 3.38. The summed E-state index contributed by atoms with van der Waals surface area (Å²) in [4.78, 5) is 15.0. The lowest BCUT2D eigenvalue weighted by molar-refractivity contribution is -0.0811. The first-order chi connectivity index (χ1) is 12.2. The summed E-state index contributed by atoms with van der Waals surface area (Å²) in [7, 11) is 0. The molecule has 0 bridgehead atoms. The van der Waals surface area contributed by atoms with E-state index in [2.05, 4.69) is 12.0 Å². The summed E-state index contributed by atoms with van der Waals surface area (Å²) in [5.41, 5.74) is 2.32. The molecule has 0 spiro atoms. The van der Waals surface area contributed by atoms with E-state index in [0.29, 0.717) is 18.7 Å². The number of aromatic nitrogens is 2. The number of carbonyl (C=O) groups excluding carboxylic acids is 1. The number of aliphatic hydroxyl groups is 1. The van der Waals surface area contributed by atoms with Gasteiger partial charge in [0.1, 0.15) is 6.10 Å².